The van der Waals surface area contributed by atoms with Crippen LogP contribution in [0.4, 0.5) is 0 Å². The zero-order valence-electron chi connectivity index (χ0n) is 22.3. The number of piperazine rings is 1. The summed E-state index contributed by atoms with van der Waals surface area (Å²) in [6.07, 6.45) is 7.61. The normalized spacial score (nSPS) is 20.0. The van der Waals surface area contributed by atoms with Crippen molar-refractivity contribution in [1.29, 1.82) is 0 Å². The summed E-state index contributed by atoms with van der Waals surface area (Å²) in [5, 5.41) is 1.03. The van der Waals surface area contributed by atoms with Gasteiger partial charge in [0.05, 0.1) is 36.7 Å². The number of hydrogen-bond donors (Lipinski definition) is 1. The van der Waals surface area contributed by atoms with Crippen molar-refractivity contribution in [3.63, 3.8) is 0 Å². The summed E-state index contributed by atoms with van der Waals surface area (Å²) in [4.78, 5) is 35.2. The van der Waals surface area contributed by atoms with Crippen molar-refractivity contribution in [3.05, 3.63) is 72.4 Å². The highest BCUT2D eigenvalue weighted by molar-refractivity contribution is 5.85. The molecule has 9 nitrogen and oxygen atoms in total. The summed E-state index contributed by atoms with van der Waals surface area (Å²) in [5.74, 6) is 2.00. The molecule has 5 heterocycles. The second kappa shape index (κ2) is 11.5. The van der Waals surface area contributed by atoms with Crippen molar-refractivity contribution >= 4 is 16.8 Å². The number of benzene rings is 1. The molecule has 3 aromatic heterocycles. The van der Waals surface area contributed by atoms with Gasteiger partial charge in [0.15, 0.2) is 0 Å². The Balaban J connectivity index is 1.26. The molecule has 2 unspecified atom stereocenters. The number of aromatic amines is 1. The van der Waals surface area contributed by atoms with Crippen LogP contribution in [-0.2, 0) is 16.0 Å². The number of methoxy groups -OCH3 is 1. The maximum absolute atomic E-state index is 13.5. The van der Waals surface area contributed by atoms with Gasteiger partial charge in [0.2, 0.25) is 11.8 Å². The highest BCUT2D eigenvalue weighted by atomic mass is 16.5. The summed E-state index contributed by atoms with van der Waals surface area (Å²) in [7, 11) is 1.63. The van der Waals surface area contributed by atoms with E-state index >= 15 is 0 Å². The van der Waals surface area contributed by atoms with E-state index in [0.29, 0.717) is 31.2 Å². The molecule has 1 amide bonds. The van der Waals surface area contributed by atoms with Crippen LogP contribution in [0.25, 0.3) is 22.2 Å². The van der Waals surface area contributed by atoms with E-state index in [9.17, 15) is 4.79 Å². The molecule has 1 N–H and O–H groups in total. The van der Waals surface area contributed by atoms with Crippen LogP contribution in [0, 0.1) is 5.92 Å². The van der Waals surface area contributed by atoms with E-state index in [1.165, 1.54) is 0 Å². The van der Waals surface area contributed by atoms with Crippen LogP contribution in [0.5, 0.6) is 5.88 Å². The summed E-state index contributed by atoms with van der Waals surface area (Å²) in [6, 6.07) is 13.8. The van der Waals surface area contributed by atoms with Gasteiger partial charge in [0.25, 0.3) is 0 Å². The number of hydrogen-bond acceptors (Lipinski definition) is 7. The number of fused-ring (bicyclic) bond motifs is 1. The van der Waals surface area contributed by atoms with Crippen molar-refractivity contribution in [1.82, 2.24) is 29.7 Å². The van der Waals surface area contributed by atoms with Gasteiger partial charge in [0, 0.05) is 57.0 Å². The number of pyridine rings is 2. The highest BCUT2D eigenvalue weighted by Crippen LogP contribution is 2.33. The molecule has 4 aromatic rings. The molecule has 6 rings (SSSR count). The zero-order chi connectivity index (χ0) is 26.6. The quantitative estimate of drug-likeness (QED) is 0.372. The number of H-pyrrole nitrogens is 1. The van der Waals surface area contributed by atoms with Crippen molar-refractivity contribution in [3.8, 4) is 17.1 Å². The maximum Gasteiger partial charge on any atom is 0.223 e. The highest BCUT2D eigenvalue weighted by Gasteiger charge is 2.34. The summed E-state index contributed by atoms with van der Waals surface area (Å²) in [6.45, 7) is 4.88. The number of nitrogens with one attached hydrogen (secondary N) is 1. The molecule has 202 valence electrons. The van der Waals surface area contributed by atoms with E-state index in [0.717, 1.165) is 72.8 Å². The van der Waals surface area contributed by atoms with E-state index < -0.39 is 0 Å². The Bertz CT molecular complexity index is 1420. The predicted molar refractivity (Wildman–Crippen MR) is 148 cm³/mol. The van der Waals surface area contributed by atoms with Crippen LogP contribution in [0.3, 0.4) is 0 Å². The first-order valence-electron chi connectivity index (χ1n) is 13.7. The van der Waals surface area contributed by atoms with Gasteiger partial charge in [-0.25, -0.2) is 9.97 Å². The number of nitrogens with zero attached hydrogens (tertiary/aromatic N) is 5. The number of aromatic nitrogens is 4. The predicted octanol–water partition coefficient (Wildman–Crippen LogP) is 3.88. The average molecular weight is 527 g/mol. The molecule has 2 saturated heterocycles. The lowest BCUT2D eigenvalue weighted by atomic mass is 10.0. The number of rotatable bonds is 8. The molecule has 2 fully saturated rings. The molecular weight excluding hydrogens is 492 g/mol. The third-order valence-corrected chi connectivity index (χ3v) is 7.76. The van der Waals surface area contributed by atoms with Gasteiger partial charge in [0.1, 0.15) is 11.9 Å². The number of imidazole rings is 1. The lowest BCUT2D eigenvalue weighted by Crippen LogP contribution is -2.52. The van der Waals surface area contributed by atoms with Crippen LogP contribution in [-0.4, -0.2) is 82.1 Å². The molecule has 0 aliphatic carbocycles. The van der Waals surface area contributed by atoms with Crippen LogP contribution >= 0.6 is 0 Å². The van der Waals surface area contributed by atoms with E-state index in [1.807, 2.05) is 53.7 Å². The van der Waals surface area contributed by atoms with E-state index in [-0.39, 0.29) is 11.9 Å². The Morgan fingerprint density at radius 2 is 2.10 bits per heavy atom. The van der Waals surface area contributed by atoms with E-state index in [4.69, 9.17) is 19.4 Å². The maximum atomic E-state index is 13.5. The van der Waals surface area contributed by atoms with Crippen molar-refractivity contribution in [2.45, 2.75) is 25.3 Å². The number of amides is 1. The van der Waals surface area contributed by atoms with Crippen molar-refractivity contribution in [2.75, 3.05) is 46.5 Å². The van der Waals surface area contributed by atoms with Gasteiger partial charge < -0.3 is 19.4 Å². The molecule has 0 bridgehead atoms. The van der Waals surface area contributed by atoms with Crippen LogP contribution in [0.15, 0.2) is 61.1 Å². The topological polar surface area (TPSA) is 96.5 Å². The molecule has 39 heavy (non-hydrogen) atoms. The minimum Gasteiger partial charge on any atom is -0.480 e. The molecule has 2 atom stereocenters. The zero-order valence-corrected chi connectivity index (χ0v) is 22.3. The number of ether oxygens (including phenoxy) is 2. The molecule has 0 saturated carbocycles. The van der Waals surface area contributed by atoms with Gasteiger partial charge in [-0.2, -0.15) is 0 Å². The average Bonchev–Trinajstić information content (AvgIpc) is 3.68. The minimum absolute atomic E-state index is 0.135. The number of carbonyl (C=O) groups is 1. The molecule has 2 aliphatic rings. The molecule has 9 heteroatoms. The standard InChI is InChI=1S/C30H34N6O3/c1-38-30-24(15-23-6-2-3-7-25(23)34-30)26-17-32-29(33-26)27-19-35(18-22-10-14-39-20-22)12-13-36(27)28(37)9-8-21-5-4-11-31-16-21/h2-7,11,15-17,22,27H,8-10,12-14,18-20H2,1H3,(H,32,33). The molecule has 0 spiro atoms. The molecule has 0 radical (unpaired) electrons. The Kier molecular flexibility index (Phi) is 7.51. The summed E-state index contributed by atoms with van der Waals surface area (Å²) in [5.41, 5.74) is 3.62. The fourth-order valence-corrected chi connectivity index (χ4v) is 5.66. The first kappa shape index (κ1) is 25.5. The Morgan fingerprint density at radius 1 is 1.18 bits per heavy atom. The van der Waals surface area contributed by atoms with Gasteiger partial charge in [-0.1, -0.05) is 24.3 Å². The van der Waals surface area contributed by atoms with Crippen molar-refractivity contribution in [2.24, 2.45) is 5.92 Å². The Hall–Kier alpha value is -3.82. The summed E-state index contributed by atoms with van der Waals surface area (Å²) >= 11 is 0. The van der Waals surface area contributed by atoms with Crippen LogP contribution < -0.4 is 4.74 Å². The lowest BCUT2D eigenvalue weighted by Gasteiger charge is -2.41. The fraction of sp³-hybridized carbons (Fsp3) is 0.400. The van der Waals surface area contributed by atoms with Gasteiger partial charge in [-0.15, -0.1) is 0 Å². The van der Waals surface area contributed by atoms with Crippen LogP contribution in [0.1, 0.15) is 30.3 Å². The number of para-hydroxylation sites is 1. The minimum atomic E-state index is -0.171. The number of carbonyl (C=O) groups excluding carboxylic acids is 1. The number of aryl methyl sites for hydroxylation is 1. The smallest absolute Gasteiger partial charge is 0.223 e. The first-order valence-corrected chi connectivity index (χ1v) is 13.7. The van der Waals surface area contributed by atoms with Crippen LogP contribution in [0.2, 0.25) is 0 Å². The molecular formula is C30H34N6O3. The first-order chi connectivity index (χ1) is 19.2. The van der Waals surface area contributed by atoms with Crippen molar-refractivity contribution < 1.29 is 14.3 Å². The third-order valence-electron chi connectivity index (χ3n) is 7.76. The van der Waals surface area contributed by atoms with E-state index in [2.05, 4.69) is 20.9 Å². The van der Waals surface area contributed by atoms with Gasteiger partial charge >= 0.3 is 0 Å². The summed E-state index contributed by atoms with van der Waals surface area (Å²) < 4.78 is 11.3. The monoisotopic (exact) mass is 526 g/mol. The second-order valence-corrected chi connectivity index (χ2v) is 10.4. The third kappa shape index (κ3) is 5.65. The van der Waals surface area contributed by atoms with Gasteiger partial charge in [-0.05, 0) is 42.5 Å². The fourth-order valence-electron chi connectivity index (χ4n) is 5.66. The lowest BCUT2D eigenvalue weighted by molar-refractivity contribution is -0.136. The Morgan fingerprint density at radius 3 is 2.92 bits per heavy atom. The molecule has 1 aromatic carbocycles. The molecule has 2 aliphatic heterocycles. The second-order valence-electron chi connectivity index (χ2n) is 10.4. The van der Waals surface area contributed by atoms with E-state index in [1.54, 1.807) is 13.3 Å². The SMILES string of the molecule is COc1nc2ccccc2cc1-c1cnc(C2CN(CC3CCOC3)CCN2C(=O)CCc2cccnc2)[nH]1. The Labute approximate surface area is 228 Å². The largest absolute Gasteiger partial charge is 0.480 e. The van der Waals surface area contributed by atoms with Gasteiger partial charge in [-0.3, -0.25) is 14.7 Å².